The number of amides is 1. The first kappa shape index (κ1) is 22.5. The Morgan fingerprint density at radius 2 is 2.18 bits per heavy atom. The van der Waals surface area contributed by atoms with Crippen molar-refractivity contribution in [3.63, 3.8) is 0 Å². The van der Waals surface area contributed by atoms with Crippen molar-refractivity contribution in [3.8, 4) is 11.3 Å². The lowest BCUT2D eigenvalue weighted by atomic mass is 9.99. The van der Waals surface area contributed by atoms with Crippen molar-refractivity contribution in [1.82, 2.24) is 9.97 Å². The predicted molar refractivity (Wildman–Crippen MR) is 125 cm³/mol. The third-order valence-corrected chi connectivity index (χ3v) is 6.30. The lowest BCUT2D eigenvalue weighted by molar-refractivity contribution is -0.384. The van der Waals surface area contributed by atoms with E-state index in [2.05, 4.69) is 26.9 Å². The van der Waals surface area contributed by atoms with E-state index in [1.807, 2.05) is 4.90 Å². The van der Waals surface area contributed by atoms with Crippen LogP contribution in [-0.2, 0) is 4.74 Å². The number of aromatic nitrogens is 2. The molecule has 0 unspecified atom stereocenters. The zero-order valence-corrected chi connectivity index (χ0v) is 19.0. The summed E-state index contributed by atoms with van der Waals surface area (Å²) in [5, 5.41) is 16.5. The number of nitrogens with one attached hydrogen (secondary N) is 2. The van der Waals surface area contributed by atoms with Crippen molar-refractivity contribution < 1.29 is 19.2 Å². The molecule has 1 amide bonds. The quantitative estimate of drug-likeness (QED) is 0.312. The third-order valence-electron chi connectivity index (χ3n) is 5.54. The summed E-state index contributed by atoms with van der Waals surface area (Å²) >= 11 is 1.21. The summed E-state index contributed by atoms with van der Waals surface area (Å²) in [6.07, 6.45) is 3.71. The minimum absolute atomic E-state index is 0.0840. The average Bonchev–Trinajstić information content (AvgIpc) is 3.48. The zero-order valence-electron chi connectivity index (χ0n) is 18.2. The maximum atomic E-state index is 12.8. The fraction of sp³-hybridized carbons (Fsp3) is 0.318. The first-order chi connectivity index (χ1) is 15.9. The van der Waals surface area contributed by atoms with Crippen molar-refractivity contribution in [2.45, 2.75) is 19.8 Å². The fourth-order valence-corrected chi connectivity index (χ4v) is 4.60. The molecule has 2 aromatic heterocycles. The molecular formula is C22H23N5O5S. The number of rotatable bonds is 6. The smallest absolute Gasteiger partial charge is 0.354 e. The summed E-state index contributed by atoms with van der Waals surface area (Å²) in [4.78, 5) is 44.8. The van der Waals surface area contributed by atoms with Gasteiger partial charge in [0.05, 0.1) is 17.7 Å². The molecule has 1 aliphatic heterocycles. The molecule has 33 heavy (non-hydrogen) atoms. The number of aromatic amines is 1. The lowest BCUT2D eigenvalue weighted by Crippen LogP contribution is -2.34. The molecule has 0 radical (unpaired) electrons. The van der Waals surface area contributed by atoms with E-state index in [-0.39, 0.29) is 11.3 Å². The number of hydrogen-bond acceptors (Lipinski definition) is 8. The van der Waals surface area contributed by atoms with Gasteiger partial charge in [-0.3, -0.25) is 20.2 Å². The largest absolute Gasteiger partial charge is 0.464 e. The minimum atomic E-state index is -0.492. The molecule has 3 aromatic rings. The number of thiazole rings is 1. The standard InChI is InChI=1S/C22H23N5O5S/c1-13-4-3-7-26(11-13)18-6-5-14(9-19(18)27(30)31)20(28)25-22-24-17(12-33-22)15-8-16(23-10-15)21(29)32-2/h5-6,8-10,12-13,23H,3-4,7,11H2,1-2H3,(H,24,25,28)/t13-/m0/s1. The Hall–Kier alpha value is -3.73. The Morgan fingerprint density at radius 3 is 2.91 bits per heavy atom. The van der Waals surface area contributed by atoms with Crippen LogP contribution in [-0.4, -0.2) is 47.0 Å². The predicted octanol–water partition coefficient (Wildman–Crippen LogP) is 4.32. The fourth-order valence-electron chi connectivity index (χ4n) is 3.89. The van der Waals surface area contributed by atoms with E-state index in [1.165, 1.54) is 24.5 Å². The van der Waals surface area contributed by atoms with Crippen molar-refractivity contribution in [1.29, 1.82) is 0 Å². The molecule has 1 saturated heterocycles. The molecule has 0 saturated carbocycles. The van der Waals surface area contributed by atoms with Gasteiger partial charge in [0.25, 0.3) is 11.6 Å². The highest BCUT2D eigenvalue weighted by molar-refractivity contribution is 7.14. The highest BCUT2D eigenvalue weighted by atomic mass is 32.1. The van der Waals surface area contributed by atoms with E-state index >= 15 is 0 Å². The summed E-state index contributed by atoms with van der Waals surface area (Å²) in [5.41, 5.74) is 2.17. The number of carbonyl (C=O) groups is 2. The second-order valence-electron chi connectivity index (χ2n) is 7.94. The molecule has 1 atom stereocenters. The Labute approximate surface area is 193 Å². The number of hydrogen-bond donors (Lipinski definition) is 2. The van der Waals surface area contributed by atoms with Crippen LogP contribution in [0.5, 0.6) is 0 Å². The van der Waals surface area contributed by atoms with Gasteiger partial charge in [0.1, 0.15) is 11.4 Å². The van der Waals surface area contributed by atoms with Gasteiger partial charge in [-0.25, -0.2) is 9.78 Å². The van der Waals surface area contributed by atoms with Crippen molar-refractivity contribution in [2.24, 2.45) is 5.92 Å². The minimum Gasteiger partial charge on any atom is -0.464 e. The molecule has 0 spiro atoms. The van der Waals surface area contributed by atoms with E-state index in [4.69, 9.17) is 0 Å². The molecule has 1 aromatic carbocycles. The normalized spacial score (nSPS) is 15.8. The number of ether oxygens (including phenoxy) is 1. The first-order valence-electron chi connectivity index (χ1n) is 10.4. The molecule has 2 N–H and O–H groups in total. The van der Waals surface area contributed by atoms with Crippen LogP contribution >= 0.6 is 11.3 Å². The number of anilines is 2. The van der Waals surface area contributed by atoms with Gasteiger partial charge in [0.15, 0.2) is 5.13 Å². The molecule has 4 rings (SSSR count). The number of nitro benzene ring substituents is 1. The van der Waals surface area contributed by atoms with Crippen LogP contribution in [0.15, 0.2) is 35.8 Å². The first-order valence-corrected chi connectivity index (χ1v) is 11.3. The number of H-pyrrole nitrogens is 1. The molecule has 10 nitrogen and oxygen atoms in total. The van der Waals surface area contributed by atoms with E-state index in [9.17, 15) is 19.7 Å². The van der Waals surface area contributed by atoms with Crippen LogP contribution < -0.4 is 10.2 Å². The molecule has 1 fully saturated rings. The third kappa shape index (κ3) is 4.87. The highest BCUT2D eigenvalue weighted by Crippen LogP contribution is 2.33. The molecule has 1 aliphatic rings. The van der Waals surface area contributed by atoms with Crippen LogP contribution in [0.2, 0.25) is 0 Å². The van der Waals surface area contributed by atoms with E-state index in [0.717, 1.165) is 25.9 Å². The Bertz CT molecular complexity index is 1200. The van der Waals surface area contributed by atoms with Crippen LogP contribution in [0.25, 0.3) is 11.3 Å². The second-order valence-corrected chi connectivity index (χ2v) is 8.80. The summed E-state index contributed by atoms with van der Waals surface area (Å²) in [5.74, 6) is -0.514. The Morgan fingerprint density at radius 1 is 1.36 bits per heavy atom. The van der Waals surface area contributed by atoms with Gasteiger partial charge in [-0.1, -0.05) is 6.92 Å². The van der Waals surface area contributed by atoms with Crippen molar-refractivity contribution in [2.75, 3.05) is 30.4 Å². The number of piperidine rings is 1. The van der Waals surface area contributed by atoms with Gasteiger partial charge in [0, 0.05) is 41.9 Å². The summed E-state index contributed by atoms with van der Waals surface area (Å²) in [7, 11) is 1.29. The SMILES string of the molecule is COC(=O)c1cc(-c2csc(NC(=O)c3ccc(N4CCC[C@H](C)C4)c([N+](=O)[O-])c3)n2)c[nH]1. The highest BCUT2D eigenvalue weighted by Gasteiger charge is 2.25. The maximum absolute atomic E-state index is 12.8. The Kier molecular flexibility index (Phi) is 6.40. The summed E-state index contributed by atoms with van der Waals surface area (Å²) in [6.45, 7) is 3.65. The number of nitrogens with zero attached hydrogens (tertiary/aromatic N) is 3. The average molecular weight is 470 g/mol. The van der Waals surface area contributed by atoms with Gasteiger partial charge < -0.3 is 14.6 Å². The molecule has 3 heterocycles. The van der Waals surface area contributed by atoms with Gasteiger partial charge in [0.2, 0.25) is 0 Å². The van der Waals surface area contributed by atoms with Crippen LogP contribution in [0, 0.1) is 16.0 Å². The number of benzene rings is 1. The maximum Gasteiger partial charge on any atom is 0.354 e. The van der Waals surface area contributed by atoms with E-state index < -0.39 is 16.8 Å². The second kappa shape index (κ2) is 9.41. The molecule has 0 bridgehead atoms. The topological polar surface area (TPSA) is 130 Å². The number of esters is 1. The molecule has 11 heteroatoms. The lowest BCUT2D eigenvalue weighted by Gasteiger charge is -2.32. The summed E-state index contributed by atoms with van der Waals surface area (Å²) < 4.78 is 4.68. The number of methoxy groups -OCH3 is 1. The molecular weight excluding hydrogens is 446 g/mol. The molecule has 0 aliphatic carbocycles. The molecule has 172 valence electrons. The van der Waals surface area contributed by atoms with Crippen LogP contribution in [0.4, 0.5) is 16.5 Å². The zero-order chi connectivity index (χ0) is 23.5. The van der Waals surface area contributed by atoms with Crippen LogP contribution in [0.1, 0.15) is 40.6 Å². The number of nitro groups is 1. The Balaban J connectivity index is 1.51. The van der Waals surface area contributed by atoms with Gasteiger partial charge in [-0.2, -0.15) is 0 Å². The van der Waals surface area contributed by atoms with Gasteiger partial charge in [-0.05, 0) is 37.0 Å². The van der Waals surface area contributed by atoms with Crippen molar-refractivity contribution in [3.05, 3.63) is 57.2 Å². The van der Waals surface area contributed by atoms with E-state index in [0.29, 0.717) is 33.7 Å². The number of carbonyl (C=O) groups excluding carboxylic acids is 2. The van der Waals surface area contributed by atoms with Crippen LogP contribution in [0.3, 0.4) is 0 Å². The van der Waals surface area contributed by atoms with E-state index in [1.54, 1.807) is 29.8 Å². The summed E-state index contributed by atoms with van der Waals surface area (Å²) in [6, 6.07) is 6.16. The van der Waals surface area contributed by atoms with Crippen molar-refractivity contribution >= 4 is 39.7 Å². The monoisotopic (exact) mass is 469 g/mol. The van der Waals surface area contributed by atoms with Gasteiger partial charge >= 0.3 is 5.97 Å². The van der Waals surface area contributed by atoms with Gasteiger partial charge in [-0.15, -0.1) is 11.3 Å².